The first-order valence-electron chi connectivity index (χ1n) is 17.5. The summed E-state index contributed by atoms with van der Waals surface area (Å²) in [6, 6.07) is 76.8. The quantitative estimate of drug-likeness (QED) is 0.166. The fourth-order valence-corrected chi connectivity index (χ4v) is 7.27. The van der Waals surface area contributed by atoms with Crippen molar-refractivity contribution in [2.45, 2.75) is 0 Å². The van der Waals surface area contributed by atoms with Gasteiger partial charge in [0, 0.05) is 17.1 Å². The van der Waals surface area contributed by atoms with Crippen LogP contribution in [-0.2, 0) is 0 Å². The number of benzene rings is 9. The normalized spacial score (nSPS) is 11.1. The summed E-state index contributed by atoms with van der Waals surface area (Å²) in [5.74, 6) is 0. The van der Waals surface area contributed by atoms with Gasteiger partial charge in [0.25, 0.3) is 0 Å². The molecule has 0 N–H and O–H groups in total. The van der Waals surface area contributed by atoms with E-state index in [4.69, 9.17) is 0 Å². The molecule has 1 nitrogen and oxygen atoms in total. The van der Waals surface area contributed by atoms with E-state index in [0.29, 0.717) is 0 Å². The predicted molar refractivity (Wildman–Crippen MR) is 218 cm³/mol. The van der Waals surface area contributed by atoms with E-state index >= 15 is 0 Å². The third-order valence-corrected chi connectivity index (χ3v) is 9.78. The lowest BCUT2D eigenvalue weighted by Gasteiger charge is -2.28. The Balaban J connectivity index is 1.26. The molecule has 0 saturated heterocycles. The standard InChI is InChI=1S/C50H35N/c1-3-14-36(15-4-1)44-31-45(37-16-5-2-6-17-37)35-48(34-44)51(46-24-11-22-41(32-46)42-29-28-38-18-7-8-20-40(38)30-42)47-25-12-23-43(33-47)50-27-13-21-39-19-9-10-26-49(39)50/h1-35H. The first-order valence-corrected chi connectivity index (χ1v) is 17.5. The average Bonchev–Trinajstić information content (AvgIpc) is 3.21. The number of hydrogen-bond donors (Lipinski definition) is 0. The van der Waals surface area contributed by atoms with Crippen LogP contribution in [0.2, 0.25) is 0 Å². The second-order valence-electron chi connectivity index (χ2n) is 13.0. The number of rotatable bonds is 7. The Morgan fingerprint density at radius 3 is 1.43 bits per heavy atom. The number of hydrogen-bond acceptors (Lipinski definition) is 1. The molecule has 1 heteroatoms. The van der Waals surface area contributed by atoms with E-state index in [2.05, 4.69) is 217 Å². The molecule has 9 rings (SSSR count). The lowest BCUT2D eigenvalue weighted by Crippen LogP contribution is -2.10. The molecule has 0 spiro atoms. The predicted octanol–water partition coefficient (Wildman–Crippen LogP) is 14.1. The summed E-state index contributed by atoms with van der Waals surface area (Å²) in [7, 11) is 0. The van der Waals surface area contributed by atoms with E-state index in [1.165, 1.54) is 66.1 Å². The molecule has 51 heavy (non-hydrogen) atoms. The maximum atomic E-state index is 2.41. The Hall–Kier alpha value is -6.70. The average molecular weight is 650 g/mol. The molecule has 0 fully saturated rings. The molecule has 0 aliphatic rings. The van der Waals surface area contributed by atoms with Crippen molar-refractivity contribution in [1.29, 1.82) is 0 Å². The third-order valence-electron chi connectivity index (χ3n) is 9.78. The maximum Gasteiger partial charge on any atom is 0.0473 e. The van der Waals surface area contributed by atoms with E-state index in [-0.39, 0.29) is 0 Å². The first kappa shape index (κ1) is 30.4. The molecule has 0 atom stereocenters. The molecule has 0 aliphatic carbocycles. The third kappa shape index (κ3) is 6.07. The topological polar surface area (TPSA) is 3.24 Å². The number of fused-ring (bicyclic) bond motifs is 2. The zero-order valence-corrected chi connectivity index (χ0v) is 28.2. The Bertz CT molecular complexity index is 2580. The van der Waals surface area contributed by atoms with Gasteiger partial charge in [-0.3, -0.25) is 0 Å². The van der Waals surface area contributed by atoms with Crippen LogP contribution in [0.15, 0.2) is 212 Å². The Morgan fingerprint density at radius 1 is 0.235 bits per heavy atom. The summed E-state index contributed by atoms with van der Waals surface area (Å²) in [4.78, 5) is 2.41. The van der Waals surface area contributed by atoms with Crippen LogP contribution in [0.4, 0.5) is 17.1 Å². The van der Waals surface area contributed by atoms with E-state index in [0.717, 1.165) is 17.1 Å². The van der Waals surface area contributed by atoms with Crippen molar-refractivity contribution in [3.63, 3.8) is 0 Å². The SMILES string of the molecule is c1ccc(-c2cc(-c3ccccc3)cc(N(c3cccc(-c4ccc5ccccc5c4)c3)c3cccc(-c4cccc5ccccc45)c3)c2)cc1. The molecule has 9 aromatic carbocycles. The lowest BCUT2D eigenvalue weighted by molar-refractivity contribution is 1.28. The van der Waals surface area contributed by atoms with Gasteiger partial charge in [0.15, 0.2) is 0 Å². The molecule has 0 amide bonds. The molecule has 0 aromatic heterocycles. The van der Waals surface area contributed by atoms with Crippen LogP contribution in [0.3, 0.4) is 0 Å². The summed E-state index contributed by atoms with van der Waals surface area (Å²) < 4.78 is 0. The van der Waals surface area contributed by atoms with Crippen LogP contribution in [-0.4, -0.2) is 0 Å². The van der Waals surface area contributed by atoms with Crippen molar-refractivity contribution >= 4 is 38.6 Å². The van der Waals surface area contributed by atoms with E-state index in [9.17, 15) is 0 Å². The zero-order valence-electron chi connectivity index (χ0n) is 28.2. The van der Waals surface area contributed by atoms with Gasteiger partial charge >= 0.3 is 0 Å². The van der Waals surface area contributed by atoms with Crippen LogP contribution in [0.25, 0.3) is 66.1 Å². The Kier molecular flexibility index (Phi) is 7.92. The maximum absolute atomic E-state index is 2.41. The highest BCUT2D eigenvalue weighted by molar-refractivity contribution is 5.98. The molecule has 0 aliphatic heterocycles. The smallest absolute Gasteiger partial charge is 0.0473 e. The monoisotopic (exact) mass is 649 g/mol. The van der Waals surface area contributed by atoms with Crippen LogP contribution in [0.1, 0.15) is 0 Å². The van der Waals surface area contributed by atoms with Gasteiger partial charge in [0.1, 0.15) is 0 Å². The molecule has 9 aromatic rings. The minimum atomic E-state index is 1.10. The Morgan fingerprint density at radius 2 is 0.725 bits per heavy atom. The zero-order chi connectivity index (χ0) is 34.0. The van der Waals surface area contributed by atoms with Gasteiger partial charge in [-0.25, -0.2) is 0 Å². The van der Waals surface area contributed by atoms with Crippen LogP contribution < -0.4 is 4.90 Å². The largest absolute Gasteiger partial charge is 0.310 e. The highest BCUT2D eigenvalue weighted by atomic mass is 15.1. The van der Waals surface area contributed by atoms with Gasteiger partial charge in [-0.1, -0.05) is 164 Å². The minimum Gasteiger partial charge on any atom is -0.310 e. The minimum absolute atomic E-state index is 1.10. The van der Waals surface area contributed by atoms with Crippen LogP contribution in [0.5, 0.6) is 0 Å². The van der Waals surface area contributed by atoms with Crippen molar-refractivity contribution < 1.29 is 0 Å². The number of nitrogens with zero attached hydrogens (tertiary/aromatic N) is 1. The van der Waals surface area contributed by atoms with Crippen LogP contribution in [0, 0.1) is 0 Å². The fourth-order valence-electron chi connectivity index (χ4n) is 7.27. The van der Waals surface area contributed by atoms with Gasteiger partial charge in [-0.05, 0) is 115 Å². The van der Waals surface area contributed by atoms with Gasteiger partial charge < -0.3 is 4.90 Å². The van der Waals surface area contributed by atoms with Crippen molar-refractivity contribution in [3.05, 3.63) is 212 Å². The summed E-state index contributed by atoms with van der Waals surface area (Å²) in [6.07, 6.45) is 0. The van der Waals surface area contributed by atoms with Gasteiger partial charge in [-0.2, -0.15) is 0 Å². The summed E-state index contributed by atoms with van der Waals surface area (Å²) in [5, 5.41) is 4.97. The van der Waals surface area contributed by atoms with Crippen molar-refractivity contribution in [1.82, 2.24) is 0 Å². The van der Waals surface area contributed by atoms with E-state index in [1.54, 1.807) is 0 Å². The molecule has 0 radical (unpaired) electrons. The molecular formula is C50H35N. The Labute approximate surface area is 299 Å². The summed E-state index contributed by atoms with van der Waals surface area (Å²) >= 11 is 0. The van der Waals surface area contributed by atoms with E-state index in [1.807, 2.05) is 0 Å². The van der Waals surface area contributed by atoms with Gasteiger partial charge in [0.05, 0.1) is 0 Å². The molecule has 0 unspecified atom stereocenters. The van der Waals surface area contributed by atoms with Crippen LogP contribution >= 0.6 is 0 Å². The highest BCUT2D eigenvalue weighted by Crippen LogP contribution is 2.42. The molecule has 0 saturated carbocycles. The molecule has 240 valence electrons. The fraction of sp³-hybridized carbons (Fsp3) is 0. The number of anilines is 3. The highest BCUT2D eigenvalue weighted by Gasteiger charge is 2.18. The summed E-state index contributed by atoms with van der Waals surface area (Å²) in [5.41, 5.74) is 12.8. The van der Waals surface area contributed by atoms with Crippen molar-refractivity contribution in [2.24, 2.45) is 0 Å². The summed E-state index contributed by atoms with van der Waals surface area (Å²) in [6.45, 7) is 0. The second-order valence-corrected chi connectivity index (χ2v) is 13.0. The van der Waals surface area contributed by atoms with Gasteiger partial charge in [-0.15, -0.1) is 0 Å². The first-order chi connectivity index (χ1) is 25.3. The molecule has 0 bridgehead atoms. The van der Waals surface area contributed by atoms with E-state index < -0.39 is 0 Å². The molecule has 0 heterocycles. The second kappa shape index (κ2) is 13.3. The van der Waals surface area contributed by atoms with Crippen molar-refractivity contribution in [3.8, 4) is 44.5 Å². The molecular weight excluding hydrogens is 615 g/mol. The van der Waals surface area contributed by atoms with Gasteiger partial charge in [0.2, 0.25) is 0 Å². The lowest BCUT2D eigenvalue weighted by atomic mass is 9.96. The van der Waals surface area contributed by atoms with Crippen molar-refractivity contribution in [2.75, 3.05) is 4.90 Å².